The third-order valence-corrected chi connectivity index (χ3v) is 5.52. The monoisotopic (exact) mass is 375 g/mol. The topological polar surface area (TPSA) is 107 Å². The lowest BCUT2D eigenvalue weighted by Crippen LogP contribution is -2.50. The molecule has 2 aliphatic rings. The van der Waals surface area contributed by atoms with Crippen molar-refractivity contribution in [2.45, 2.75) is 64.5 Å². The molecular weight excluding hydrogens is 346 g/mol. The third kappa shape index (κ3) is 5.30. The number of carboxylic acids is 1. The molecule has 2 fully saturated rings. The van der Waals surface area contributed by atoms with Crippen LogP contribution in [0, 0.1) is 19.8 Å². The van der Waals surface area contributed by atoms with E-state index in [4.69, 9.17) is 5.11 Å². The summed E-state index contributed by atoms with van der Waals surface area (Å²) in [6, 6.07) is 2.09. The summed E-state index contributed by atoms with van der Waals surface area (Å²) in [6.45, 7) is 5.58. The Morgan fingerprint density at radius 1 is 1.00 bits per heavy atom. The number of carboxylic acid groups (broad SMARTS) is 1. The maximum atomic E-state index is 12.3. The first-order valence-corrected chi connectivity index (χ1v) is 9.78. The van der Waals surface area contributed by atoms with E-state index in [0.717, 1.165) is 56.1 Å². The van der Waals surface area contributed by atoms with Crippen molar-refractivity contribution in [3.63, 3.8) is 0 Å². The quantitative estimate of drug-likeness (QED) is 0.743. The van der Waals surface area contributed by atoms with E-state index in [-0.39, 0.29) is 24.0 Å². The second kappa shape index (κ2) is 8.54. The molecule has 1 saturated heterocycles. The zero-order valence-electron chi connectivity index (χ0n) is 16.1. The number of anilines is 1. The minimum atomic E-state index is -0.723. The SMILES string of the molecule is Cc1cc(N2CCC(NC(=O)NC3CCC(C(=O)O)CC3)CC2)nc(C)n1. The third-order valence-electron chi connectivity index (χ3n) is 5.52. The molecule has 148 valence electrons. The number of rotatable bonds is 4. The molecule has 0 radical (unpaired) electrons. The summed E-state index contributed by atoms with van der Waals surface area (Å²) < 4.78 is 0. The summed E-state index contributed by atoms with van der Waals surface area (Å²) in [7, 11) is 0. The fraction of sp³-hybridized carbons (Fsp3) is 0.684. The van der Waals surface area contributed by atoms with Gasteiger partial charge in [-0.2, -0.15) is 0 Å². The van der Waals surface area contributed by atoms with Gasteiger partial charge in [0.25, 0.3) is 0 Å². The van der Waals surface area contributed by atoms with Crippen LogP contribution in [-0.2, 0) is 4.79 Å². The maximum Gasteiger partial charge on any atom is 0.315 e. The van der Waals surface area contributed by atoms with Crippen LogP contribution in [0.1, 0.15) is 50.0 Å². The molecule has 8 heteroatoms. The molecule has 8 nitrogen and oxygen atoms in total. The highest BCUT2D eigenvalue weighted by Crippen LogP contribution is 2.24. The molecule has 1 aliphatic carbocycles. The Morgan fingerprint density at radius 2 is 1.59 bits per heavy atom. The molecule has 1 saturated carbocycles. The van der Waals surface area contributed by atoms with E-state index in [2.05, 4.69) is 25.5 Å². The fourth-order valence-electron chi connectivity index (χ4n) is 4.01. The molecule has 27 heavy (non-hydrogen) atoms. The van der Waals surface area contributed by atoms with E-state index >= 15 is 0 Å². The van der Waals surface area contributed by atoms with Crippen LogP contribution >= 0.6 is 0 Å². The molecule has 1 aromatic heterocycles. The summed E-state index contributed by atoms with van der Waals surface area (Å²) in [6.07, 6.45) is 4.49. The fourth-order valence-corrected chi connectivity index (χ4v) is 4.01. The molecule has 0 unspecified atom stereocenters. The van der Waals surface area contributed by atoms with Gasteiger partial charge in [-0.05, 0) is 52.4 Å². The van der Waals surface area contributed by atoms with Gasteiger partial charge in [0.2, 0.25) is 0 Å². The molecular formula is C19H29N5O3. The molecule has 2 amide bonds. The molecule has 3 N–H and O–H groups in total. The van der Waals surface area contributed by atoms with Crippen molar-refractivity contribution in [3.8, 4) is 0 Å². The lowest BCUT2D eigenvalue weighted by Gasteiger charge is -2.34. The normalized spacial score (nSPS) is 23.7. The zero-order chi connectivity index (χ0) is 19.4. The number of amides is 2. The largest absolute Gasteiger partial charge is 0.481 e. The van der Waals surface area contributed by atoms with Crippen LogP contribution in [-0.4, -0.2) is 52.2 Å². The molecule has 1 aliphatic heterocycles. The molecule has 0 bridgehead atoms. The number of hydrogen-bond acceptors (Lipinski definition) is 5. The van der Waals surface area contributed by atoms with Gasteiger partial charge in [-0.1, -0.05) is 0 Å². The van der Waals surface area contributed by atoms with Gasteiger partial charge in [0.05, 0.1) is 5.92 Å². The van der Waals surface area contributed by atoms with Crippen molar-refractivity contribution in [2.75, 3.05) is 18.0 Å². The van der Waals surface area contributed by atoms with E-state index in [9.17, 15) is 9.59 Å². The van der Waals surface area contributed by atoms with Crippen molar-refractivity contribution in [1.29, 1.82) is 0 Å². The van der Waals surface area contributed by atoms with E-state index in [1.54, 1.807) is 0 Å². The van der Waals surface area contributed by atoms with Crippen molar-refractivity contribution >= 4 is 17.8 Å². The van der Waals surface area contributed by atoms with E-state index < -0.39 is 5.97 Å². The number of nitrogens with zero attached hydrogens (tertiary/aromatic N) is 3. The first-order valence-electron chi connectivity index (χ1n) is 9.78. The molecule has 0 atom stereocenters. The van der Waals surface area contributed by atoms with Crippen molar-refractivity contribution in [3.05, 3.63) is 17.6 Å². The number of aromatic nitrogens is 2. The Kier molecular flexibility index (Phi) is 6.13. The number of nitrogens with one attached hydrogen (secondary N) is 2. The number of carbonyl (C=O) groups is 2. The van der Waals surface area contributed by atoms with Gasteiger partial charge in [-0.3, -0.25) is 4.79 Å². The molecule has 2 heterocycles. The minimum Gasteiger partial charge on any atom is -0.481 e. The van der Waals surface area contributed by atoms with E-state index in [0.29, 0.717) is 12.8 Å². The van der Waals surface area contributed by atoms with Crippen LogP contribution < -0.4 is 15.5 Å². The van der Waals surface area contributed by atoms with Crippen molar-refractivity contribution in [1.82, 2.24) is 20.6 Å². The lowest BCUT2D eigenvalue weighted by atomic mass is 9.86. The average Bonchev–Trinajstić information content (AvgIpc) is 2.62. The number of urea groups is 1. The van der Waals surface area contributed by atoms with Gasteiger partial charge in [0.1, 0.15) is 11.6 Å². The first kappa shape index (κ1) is 19.4. The first-order chi connectivity index (χ1) is 12.9. The van der Waals surface area contributed by atoms with Crippen molar-refractivity contribution < 1.29 is 14.7 Å². The van der Waals surface area contributed by atoms with Gasteiger partial charge in [0.15, 0.2) is 0 Å². The zero-order valence-corrected chi connectivity index (χ0v) is 16.1. The summed E-state index contributed by atoms with van der Waals surface area (Å²) in [4.78, 5) is 34.3. The Morgan fingerprint density at radius 3 is 2.15 bits per heavy atom. The molecule has 1 aromatic rings. The molecule has 0 spiro atoms. The number of carbonyl (C=O) groups excluding carboxylic acids is 1. The highest BCUT2D eigenvalue weighted by atomic mass is 16.4. The smallest absolute Gasteiger partial charge is 0.315 e. The lowest BCUT2D eigenvalue weighted by molar-refractivity contribution is -0.142. The Labute approximate surface area is 159 Å². The number of aryl methyl sites for hydroxylation is 2. The summed E-state index contributed by atoms with van der Waals surface area (Å²) in [5, 5.41) is 15.1. The minimum absolute atomic E-state index is 0.0765. The summed E-state index contributed by atoms with van der Waals surface area (Å²) >= 11 is 0. The summed E-state index contributed by atoms with van der Waals surface area (Å²) in [5.41, 5.74) is 0.967. The van der Waals surface area contributed by atoms with Crippen LogP contribution in [0.2, 0.25) is 0 Å². The maximum absolute atomic E-state index is 12.3. The van der Waals surface area contributed by atoms with Crippen LogP contribution in [0.5, 0.6) is 0 Å². The van der Waals surface area contributed by atoms with Gasteiger partial charge in [-0.15, -0.1) is 0 Å². The van der Waals surface area contributed by atoms with Gasteiger partial charge >= 0.3 is 12.0 Å². The van der Waals surface area contributed by atoms with Gasteiger partial charge in [0, 0.05) is 36.9 Å². The predicted molar refractivity (Wildman–Crippen MR) is 102 cm³/mol. The second-order valence-electron chi connectivity index (χ2n) is 7.68. The van der Waals surface area contributed by atoms with Crippen molar-refractivity contribution in [2.24, 2.45) is 5.92 Å². The van der Waals surface area contributed by atoms with Crippen LogP contribution in [0.4, 0.5) is 10.6 Å². The average molecular weight is 375 g/mol. The number of aliphatic carboxylic acids is 1. The Bertz CT molecular complexity index is 660. The number of hydrogen-bond donors (Lipinski definition) is 3. The van der Waals surface area contributed by atoms with Crippen LogP contribution in [0.3, 0.4) is 0 Å². The Balaban J connectivity index is 1.41. The summed E-state index contributed by atoms with van der Waals surface area (Å²) in [5.74, 6) is 0.753. The van der Waals surface area contributed by atoms with Gasteiger partial charge in [-0.25, -0.2) is 14.8 Å². The molecule has 3 rings (SSSR count). The number of piperidine rings is 1. The second-order valence-corrected chi connectivity index (χ2v) is 7.68. The Hall–Kier alpha value is -2.38. The highest BCUT2D eigenvalue weighted by Gasteiger charge is 2.28. The van der Waals surface area contributed by atoms with Crippen LogP contribution in [0.15, 0.2) is 6.07 Å². The predicted octanol–water partition coefficient (Wildman–Crippen LogP) is 2.00. The highest BCUT2D eigenvalue weighted by molar-refractivity contribution is 5.75. The standard InChI is InChI=1S/C19H29N5O3/c1-12-11-17(21-13(2)20-12)24-9-7-16(8-10-24)23-19(27)22-15-5-3-14(4-6-15)18(25)26/h11,14-16H,3-10H2,1-2H3,(H,25,26)(H2,22,23,27). The van der Waals surface area contributed by atoms with E-state index in [1.165, 1.54) is 0 Å². The van der Waals surface area contributed by atoms with Gasteiger partial charge < -0.3 is 20.6 Å². The van der Waals surface area contributed by atoms with Crippen LogP contribution in [0.25, 0.3) is 0 Å². The van der Waals surface area contributed by atoms with E-state index in [1.807, 2.05) is 19.9 Å². The molecule has 0 aromatic carbocycles.